The van der Waals surface area contributed by atoms with Gasteiger partial charge in [-0.1, -0.05) is 0 Å². The average Bonchev–Trinajstić information content (AvgIpc) is 3.13. The number of aliphatic hydroxyl groups is 1. The lowest BCUT2D eigenvalue weighted by Crippen LogP contribution is -2.53. The molecule has 1 aliphatic heterocycles. The lowest BCUT2D eigenvalue weighted by atomic mass is 9.80. The molecule has 2 aliphatic rings. The van der Waals surface area contributed by atoms with Crippen LogP contribution in [0, 0.1) is 18.7 Å². The van der Waals surface area contributed by atoms with Crippen LogP contribution in [0.25, 0.3) is 16.6 Å². The maximum atomic E-state index is 13.3. The number of aliphatic hydroxyl groups excluding tert-OH is 1. The van der Waals surface area contributed by atoms with E-state index in [0.29, 0.717) is 25.9 Å². The molecule has 5 rings (SSSR count). The van der Waals surface area contributed by atoms with Gasteiger partial charge in [0, 0.05) is 30.9 Å². The van der Waals surface area contributed by atoms with E-state index >= 15 is 0 Å². The number of carbonyl (C=O) groups excluding carboxylic acids is 1. The summed E-state index contributed by atoms with van der Waals surface area (Å²) in [5.41, 5.74) is 3.96. The highest BCUT2D eigenvalue weighted by atomic mass is 19.1. The van der Waals surface area contributed by atoms with Crippen LogP contribution < -0.4 is 5.32 Å². The van der Waals surface area contributed by atoms with E-state index in [0.717, 1.165) is 34.3 Å². The summed E-state index contributed by atoms with van der Waals surface area (Å²) in [7, 11) is 0. The molecule has 1 amide bonds. The Balaban J connectivity index is 1.49. The molecule has 30 heavy (non-hydrogen) atoms. The summed E-state index contributed by atoms with van der Waals surface area (Å²) in [4.78, 5) is 15.0. The number of carbonyl (C=O) groups is 1. The summed E-state index contributed by atoms with van der Waals surface area (Å²) >= 11 is 0. The summed E-state index contributed by atoms with van der Waals surface area (Å²) in [5.74, 6) is -0.193. The topological polar surface area (TPSA) is 70.4 Å². The molecule has 2 aromatic carbocycles. The van der Waals surface area contributed by atoms with E-state index in [-0.39, 0.29) is 29.8 Å². The molecule has 1 saturated heterocycles. The Morgan fingerprint density at radius 2 is 2.00 bits per heavy atom. The number of fused-ring (bicyclic) bond motifs is 1. The highest BCUT2D eigenvalue weighted by Gasteiger charge is 2.39. The van der Waals surface area contributed by atoms with Gasteiger partial charge < -0.3 is 15.3 Å². The fourth-order valence-electron chi connectivity index (χ4n) is 4.61. The quantitative estimate of drug-likeness (QED) is 0.699. The second-order valence-electron chi connectivity index (χ2n) is 8.37. The zero-order valence-electron chi connectivity index (χ0n) is 16.9. The Bertz CT molecular complexity index is 1090. The van der Waals surface area contributed by atoms with Crippen molar-refractivity contribution in [2.75, 3.05) is 19.6 Å². The number of amides is 1. The van der Waals surface area contributed by atoms with Crippen LogP contribution in [-0.4, -0.2) is 51.4 Å². The summed E-state index contributed by atoms with van der Waals surface area (Å²) in [5, 5.41) is 18.5. The van der Waals surface area contributed by atoms with Crippen molar-refractivity contribution >= 4 is 16.8 Å². The van der Waals surface area contributed by atoms with Crippen molar-refractivity contribution in [2.24, 2.45) is 5.92 Å². The Labute approximate surface area is 174 Å². The first-order chi connectivity index (χ1) is 14.5. The number of hydrogen-bond acceptors (Lipinski definition) is 4. The van der Waals surface area contributed by atoms with Crippen molar-refractivity contribution in [2.45, 2.75) is 31.9 Å². The summed E-state index contributed by atoms with van der Waals surface area (Å²) in [6.07, 6.45) is 2.61. The second kappa shape index (κ2) is 7.49. The standard InChI is InChI=1S/C23H25FN4O2/c1-14-8-21-16(12-26-28(21)18-4-2-17(24)3-5-18)11-20(14)22-13-25-6-7-27(22)23(30)15-9-19(29)10-15/h2-5,8,11-12,15,19,22,25,29H,6-7,9-10,13H2,1H3/t15?,19?,22-/m0/s1. The monoisotopic (exact) mass is 408 g/mol. The van der Waals surface area contributed by atoms with Crippen LogP contribution in [0.1, 0.15) is 30.0 Å². The molecule has 1 aliphatic carbocycles. The Hall–Kier alpha value is -2.77. The number of aromatic nitrogens is 2. The Morgan fingerprint density at radius 1 is 1.23 bits per heavy atom. The molecular weight excluding hydrogens is 383 g/mol. The van der Waals surface area contributed by atoms with Gasteiger partial charge in [-0.15, -0.1) is 0 Å². The van der Waals surface area contributed by atoms with Crippen LogP contribution in [0.2, 0.25) is 0 Å². The van der Waals surface area contributed by atoms with Crippen LogP contribution in [-0.2, 0) is 4.79 Å². The number of piperazine rings is 1. The molecular formula is C23H25FN4O2. The normalized spacial score (nSPS) is 24.1. The molecule has 7 heteroatoms. The molecule has 3 aromatic rings. The zero-order valence-corrected chi connectivity index (χ0v) is 16.9. The number of nitrogens with zero attached hydrogens (tertiary/aromatic N) is 3. The molecule has 6 nitrogen and oxygen atoms in total. The van der Waals surface area contributed by atoms with Gasteiger partial charge in [0.05, 0.1) is 29.5 Å². The van der Waals surface area contributed by atoms with E-state index in [9.17, 15) is 14.3 Å². The van der Waals surface area contributed by atoms with Crippen LogP contribution in [0.15, 0.2) is 42.6 Å². The fraction of sp³-hybridized carbons (Fsp3) is 0.391. The summed E-state index contributed by atoms with van der Waals surface area (Å²) < 4.78 is 15.1. The van der Waals surface area contributed by atoms with E-state index < -0.39 is 0 Å². The highest BCUT2D eigenvalue weighted by molar-refractivity contribution is 5.83. The third-order valence-corrected chi connectivity index (χ3v) is 6.37. The largest absolute Gasteiger partial charge is 0.393 e. The van der Waals surface area contributed by atoms with Gasteiger partial charge in [-0.3, -0.25) is 4.79 Å². The van der Waals surface area contributed by atoms with E-state index in [1.165, 1.54) is 12.1 Å². The predicted molar refractivity (Wildman–Crippen MR) is 112 cm³/mol. The Morgan fingerprint density at radius 3 is 2.73 bits per heavy atom. The summed E-state index contributed by atoms with van der Waals surface area (Å²) in [6, 6.07) is 10.4. The number of nitrogens with one attached hydrogen (secondary N) is 1. The molecule has 1 atom stereocenters. The molecule has 0 bridgehead atoms. The maximum absolute atomic E-state index is 13.3. The smallest absolute Gasteiger partial charge is 0.226 e. The maximum Gasteiger partial charge on any atom is 0.226 e. The van der Waals surface area contributed by atoms with Crippen molar-refractivity contribution in [3.63, 3.8) is 0 Å². The van der Waals surface area contributed by atoms with Gasteiger partial charge in [0.15, 0.2) is 0 Å². The molecule has 2 fully saturated rings. The number of hydrogen-bond donors (Lipinski definition) is 2. The molecule has 156 valence electrons. The average molecular weight is 408 g/mol. The minimum Gasteiger partial charge on any atom is -0.393 e. The van der Waals surface area contributed by atoms with Gasteiger partial charge in [0.2, 0.25) is 5.91 Å². The number of rotatable bonds is 3. The molecule has 2 heterocycles. The minimum absolute atomic E-state index is 0.0393. The van der Waals surface area contributed by atoms with E-state index in [4.69, 9.17) is 0 Å². The fourth-order valence-corrected chi connectivity index (χ4v) is 4.61. The van der Waals surface area contributed by atoms with Gasteiger partial charge in [-0.2, -0.15) is 5.10 Å². The Kier molecular flexibility index (Phi) is 4.79. The SMILES string of the molecule is Cc1cc2c(cnn2-c2ccc(F)cc2)cc1[C@@H]1CNCCN1C(=O)C1CC(O)C1. The zero-order chi connectivity index (χ0) is 20.8. The van der Waals surface area contributed by atoms with Crippen LogP contribution in [0.3, 0.4) is 0 Å². The minimum atomic E-state index is -0.337. The van der Waals surface area contributed by atoms with Crippen molar-refractivity contribution in [1.29, 1.82) is 0 Å². The van der Waals surface area contributed by atoms with Gasteiger partial charge in [-0.25, -0.2) is 9.07 Å². The molecule has 0 spiro atoms. The van der Waals surface area contributed by atoms with Crippen molar-refractivity contribution < 1.29 is 14.3 Å². The summed E-state index contributed by atoms with van der Waals surface area (Å²) in [6.45, 7) is 4.21. The van der Waals surface area contributed by atoms with Crippen molar-refractivity contribution in [3.8, 4) is 5.69 Å². The van der Waals surface area contributed by atoms with Crippen LogP contribution in [0.4, 0.5) is 4.39 Å². The van der Waals surface area contributed by atoms with Crippen LogP contribution >= 0.6 is 0 Å². The number of aryl methyl sites for hydroxylation is 1. The molecule has 1 aromatic heterocycles. The first kappa shape index (κ1) is 19.2. The van der Waals surface area contributed by atoms with Crippen LogP contribution in [0.5, 0.6) is 0 Å². The third kappa shape index (κ3) is 3.28. The molecule has 0 radical (unpaired) electrons. The van der Waals surface area contributed by atoms with Crippen molar-refractivity contribution in [1.82, 2.24) is 20.0 Å². The lowest BCUT2D eigenvalue weighted by Gasteiger charge is -2.42. The highest BCUT2D eigenvalue weighted by Crippen LogP contribution is 2.35. The molecule has 0 unspecified atom stereocenters. The van der Waals surface area contributed by atoms with E-state index in [2.05, 4.69) is 29.5 Å². The molecule has 2 N–H and O–H groups in total. The first-order valence-electron chi connectivity index (χ1n) is 10.4. The van der Waals surface area contributed by atoms with Gasteiger partial charge in [0.25, 0.3) is 0 Å². The van der Waals surface area contributed by atoms with Crippen molar-refractivity contribution in [3.05, 3.63) is 59.5 Å². The van der Waals surface area contributed by atoms with E-state index in [1.54, 1.807) is 12.1 Å². The third-order valence-electron chi connectivity index (χ3n) is 6.37. The molecule has 1 saturated carbocycles. The number of benzene rings is 2. The van der Waals surface area contributed by atoms with Gasteiger partial charge in [-0.05, 0) is 67.3 Å². The lowest BCUT2D eigenvalue weighted by molar-refractivity contribution is -0.145. The van der Waals surface area contributed by atoms with Gasteiger partial charge >= 0.3 is 0 Å². The number of halogens is 1. The first-order valence-corrected chi connectivity index (χ1v) is 10.4. The van der Waals surface area contributed by atoms with E-state index in [1.807, 2.05) is 15.8 Å². The predicted octanol–water partition coefficient (Wildman–Crippen LogP) is 2.72. The second-order valence-corrected chi connectivity index (χ2v) is 8.37. The van der Waals surface area contributed by atoms with Gasteiger partial charge in [0.1, 0.15) is 5.82 Å².